The van der Waals surface area contributed by atoms with Gasteiger partial charge in [-0.05, 0) is 49.6 Å². The molecule has 1 N–H and O–H groups in total. The van der Waals surface area contributed by atoms with Crippen LogP contribution in [0.4, 0.5) is 0 Å². The number of aromatic amines is 1. The molecule has 1 unspecified atom stereocenters. The summed E-state index contributed by atoms with van der Waals surface area (Å²) in [5.41, 5.74) is 4.81. The van der Waals surface area contributed by atoms with E-state index < -0.39 is 9.84 Å². The average Bonchev–Trinajstić information content (AvgIpc) is 3.18. The predicted molar refractivity (Wildman–Crippen MR) is 111 cm³/mol. The van der Waals surface area contributed by atoms with Gasteiger partial charge in [-0.2, -0.15) is 0 Å². The highest BCUT2D eigenvalue weighted by atomic mass is 32.2. The molecule has 146 valence electrons. The molecule has 6 heteroatoms. The maximum atomic E-state index is 13.4. The molecule has 28 heavy (non-hydrogen) atoms. The van der Waals surface area contributed by atoms with E-state index in [0.29, 0.717) is 18.5 Å². The lowest BCUT2D eigenvalue weighted by atomic mass is 10.1. The number of rotatable bonds is 4. The van der Waals surface area contributed by atoms with E-state index in [1.807, 2.05) is 62.4 Å². The van der Waals surface area contributed by atoms with Gasteiger partial charge in [0.15, 0.2) is 9.84 Å². The molecule has 2 aromatic carbocycles. The number of fused-ring (bicyclic) bond motifs is 1. The van der Waals surface area contributed by atoms with Gasteiger partial charge in [0.25, 0.3) is 5.91 Å². The number of amides is 1. The van der Waals surface area contributed by atoms with E-state index in [1.54, 1.807) is 4.90 Å². The molecule has 1 atom stereocenters. The van der Waals surface area contributed by atoms with Crippen LogP contribution in [0.3, 0.4) is 0 Å². The normalized spacial score (nSPS) is 18.4. The zero-order valence-electron chi connectivity index (χ0n) is 16.1. The first kappa shape index (κ1) is 18.7. The fourth-order valence-corrected chi connectivity index (χ4v) is 5.66. The van der Waals surface area contributed by atoms with Crippen LogP contribution in [-0.2, 0) is 16.4 Å². The summed E-state index contributed by atoms with van der Waals surface area (Å²) in [6, 6.07) is 15.1. The molecule has 1 aromatic heterocycles. The number of H-pyrrole nitrogens is 1. The van der Waals surface area contributed by atoms with Gasteiger partial charge in [0.1, 0.15) is 0 Å². The first-order chi connectivity index (χ1) is 13.3. The quantitative estimate of drug-likeness (QED) is 0.732. The second-order valence-corrected chi connectivity index (χ2v) is 9.84. The number of hydrogen-bond acceptors (Lipinski definition) is 3. The van der Waals surface area contributed by atoms with E-state index >= 15 is 0 Å². The minimum Gasteiger partial charge on any atom is -0.358 e. The van der Waals surface area contributed by atoms with Gasteiger partial charge in [-0.25, -0.2) is 8.42 Å². The van der Waals surface area contributed by atoms with Crippen molar-refractivity contribution in [1.29, 1.82) is 0 Å². The largest absolute Gasteiger partial charge is 0.358 e. The van der Waals surface area contributed by atoms with Gasteiger partial charge in [-0.15, -0.1) is 0 Å². The Bertz CT molecular complexity index is 1130. The lowest BCUT2D eigenvalue weighted by Gasteiger charge is -2.28. The molecule has 2 heterocycles. The number of carbonyl (C=O) groups excluding carboxylic acids is 1. The topological polar surface area (TPSA) is 70.2 Å². The second-order valence-electron chi connectivity index (χ2n) is 7.61. The molecule has 1 fully saturated rings. The number of nitrogens with one attached hydrogen (secondary N) is 1. The van der Waals surface area contributed by atoms with E-state index in [9.17, 15) is 13.2 Å². The van der Waals surface area contributed by atoms with Crippen molar-refractivity contribution in [3.05, 3.63) is 70.9 Å². The van der Waals surface area contributed by atoms with Gasteiger partial charge >= 0.3 is 0 Å². The van der Waals surface area contributed by atoms with Gasteiger partial charge in [-0.3, -0.25) is 4.79 Å². The molecule has 0 radical (unpaired) electrons. The van der Waals surface area contributed by atoms with Gasteiger partial charge in [0.2, 0.25) is 0 Å². The summed E-state index contributed by atoms with van der Waals surface area (Å²) in [4.78, 5) is 18.5. The number of nitrogens with zero attached hydrogens (tertiary/aromatic N) is 1. The van der Waals surface area contributed by atoms with Crippen molar-refractivity contribution in [2.45, 2.75) is 32.9 Å². The van der Waals surface area contributed by atoms with Crippen LogP contribution in [0.5, 0.6) is 0 Å². The van der Waals surface area contributed by atoms with Crippen LogP contribution >= 0.6 is 0 Å². The van der Waals surface area contributed by atoms with Crippen LogP contribution < -0.4 is 0 Å². The Hall–Kier alpha value is -2.60. The van der Waals surface area contributed by atoms with Gasteiger partial charge < -0.3 is 9.88 Å². The highest BCUT2D eigenvalue weighted by Gasteiger charge is 2.35. The number of aryl methyl sites for hydroxylation is 2. The molecule has 1 amide bonds. The summed E-state index contributed by atoms with van der Waals surface area (Å²) < 4.78 is 24.1. The fourth-order valence-electron chi connectivity index (χ4n) is 3.93. The zero-order chi connectivity index (χ0) is 19.9. The monoisotopic (exact) mass is 396 g/mol. The zero-order valence-corrected chi connectivity index (χ0v) is 16.9. The van der Waals surface area contributed by atoms with Crippen molar-refractivity contribution in [1.82, 2.24) is 9.88 Å². The highest BCUT2D eigenvalue weighted by Crippen LogP contribution is 2.26. The Balaban J connectivity index is 1.71. The molecule has 1 aliphatic heterocycles. The molecule has 1 aliphatic rings. The van der Waals surface area contributed by atoms with Crippen LogP contribution in [0.25, 0.3) is 10.9 Å². The number of benzene rings is 2. The molecule has 4 rings (SSSR count). The van der Waals surface area contributed by atoms with Crippen molar-refractivity contribution in [3.8, 4) is 0 Å². The second kappa shape index (κ2) is 7.09. The van der Waals surface area contributed by atoms with Crippen molar-refractivity contribution in [3.63, 3.8) is 0 Å². The van der Waals surface area contributed by atoms with E-state index in [4.69, 9.17) is 0 Å². The van der Waals surface area contributed by atoms with E-state index in [-0.39, 0.29) is 23.5 Å². The van der Waals surface area contributed by atoms with E-state index in [2.05, 4.69) is 4.98 Å². The third-order valence-electron chi connectivity index (χ3n) is 5.66. The van der Waals surface area contributed by atoms with Crippen LogP contribution in [0.15, 0.2) is 48.5 Å². The molecular weight excluding hydrogens is 372 g/mol. The Labute approximate surface area is 165 Å². The Morgan fingerprint density at radius 1 is 1.14 bits per heavy atom. The van der Waals surface area contributed by atoms with E-state index in [1.165, 1.54) is 0 Å². The first-order valence-corrected chi connectivity index (χ1v) is 11.3. The molecular formula is C22H24N2O3S. The summed E-state index contributed by atoms with van der Waals surface area (Å²) in [6.07, 6.45) is 0.492. The van der Waals surface area contributed by atoms with Crippen LogP contribution in [-0.4, -0.2) is 41.8 Å². The Morgan fingerprint density at radius 3 is 2.57 bits per heavy atom. The fraction of sp³-hybridized carbons (Fsp3) is 0.318. The van der Waals surface area contributed by atoms with Crippen LogP contribution in [0, 0.1) is 13.8 Å². The maximum absolute atomic E-state index is 13.4. The number of carbonyl (C=O) groups is 1. The van der Waals surface area contributed by atoms with E-state index in [0.717, 1.165) is 27.7 Å². The molecule has 0 bridgehead atoms. The van der Waals surface area contributed by atoms with Crippen LogP contribution in [0.2, 0.25) is 0 Å². The average molecular weight is 397 g/mol. The number of hydrogen-bond donors (Lipinski definition) is 1. The van der Waals surface area contributed by atoms with Crippen molar-refractivity contribution in [2.24, 2.45) is 0 Å². The van der Waals surface area contributed by atoms with Crippen molar-refractivity contribution < 1.29 is 13.2 Å². The minimum atomic E-state index is -3.09. The third kappa shape index (κ3) is 3.56. The summed E-state index contributed by atoms with van der Waals surface area (Å²) in [6.45, 7) is 4.46. The molecule has 5 nitrogen and oxygen atoms in total. The highest BCUT2D eigenvalue weighted by molar-refractivity contribution is 7.91. The minimum absolute atomic E-state index is 0.0378. The first-order valence-electron chi connectivity index (χ1n) is 9.48. The van der Waals surface area contributed by atoms with Crippen LogP contribution in [0.1, 0.15) is 33.6 Å². The predicted octanol–water partition coefficient (Wildman–Crippen LogP) is 3.61. The molecule has 1 saturated heterocycles. The molecule has 0 aliphatic carbocycles. The summed E-state index contributed by atoms with van der Waals surface area (Å²) in [5, 5.41) is 1.03. The SMILES string of the molecule is Cc1[nH]c2ccc(C(=O)N(Cc3ccccc3)C3CCS(=O)(=O)C3)cc2c1C. The Kier molecular flexibility index (Phi) is 4.75. The molecule has 3 aromatic rings. The lowest BCUT2D eigenvalue weighted by Crippen LogP contribution is -2.40. The van der Waals surface area contributed by atoms with Crippen molar-refractivity contribution in [2.75, 3.05) is 11.5 Å². The molecule has 0 spiro atoms. The smallest absolute Gasteiger partial charge is 0.254 e. The number of sulfone groups is 1. The summed E-state index contributed by atoms with van der Waals surface area (Å²) in [5.74, 6) is 0.0627. The van der Waals surface area contributed by atoms with Gasteiger partial charge in [-0.1, -0.05) is 30.3 Å². The third-order valence-corrected chi connectivity index (χ3v) is 7.41. The van der Waals surface area contributed by atoms with Gasteiger partial charge in [0, 0.05) is 34.7 Å². The van der Waals surface area contributed by atoms with Gasteiger partial charge in [0.05, 0.1) is 11.5 Å². The molecule has 0 saturated carbocycles. The summed E-state index contributed by atoms with van der Waals surface area (Å²) >= 11 is 0. The standard InChI is InChI=1S/C22H24N2O3S/c1-15-16(2)23-21-9-8-18(12-20(15)21)22(25)24(13-17-6-4-3-5-7-17)19-10-11-28(26,27)14-19/h3-9,12,19,23H,10-11,13-14H2,1-2H3. The number of aromatic nitrogens is 1. The lowest BCUT2D eigenvalue weighted by molar-refractivity contribution is 0.0681. The van der Waals surface area contributed by atoms with Crippen molar-refractivity contribution >= 4 is 26.6 Å². The maximum Gasteiger partial charge on any atom is 0.254 e. The summed E-state index contributed by atoms with van der Waals surface area (Å²) in [7, 11) is -3.09. The Morgan fingerprint density at radius 2 is 1.89 bits per heavy atom.